The molecule has 2 aromatic carbocycles. The van der Waals surface area contributed by atoms with Gasteiger partial charge in [0.25, 0.3) is 0 Å². The van der Waals surface area contributed by atoms with Gasteiger partial charge in [0.1, 0.15) is 0 Å². The van der Waals surface area contributed by atoms with Gasteiger partial charge in [-0.1, -0.05) is 56.6 Å². The van der Waals surface area contributed by atoms with E-state index in [9.17, 15) is 13.2 Å². The summed E-state index contributed by atoms with van der Waals surface area (Å²) in [7, 11) is -3.88. The molecule has 1 amide bonds. The van der Waals surface area contributed by atoms with Crippen molar-refractivity contribution >= 4 is 38.9 Å². The molecule has 0 radical (unpaired) electrons. The maximum absolute atomic E-state index is 13.8. The Kier molecular flexibility index (Phi) is 7.68. The normalized spacial score (nSPS) is 16.4. The number of nitrogens with zero attached hydrogens (tertiary/aromatic N) is 2. The molecule has 1 aromatic heterocycles. The third-order valence-corrected chi connectivity index (χ3v) is 9.95. The van der Waals surface area contributed by atoms with Gasteiger partial charge in [0.15, 0.2) is 0 Å². The smallest absolute Gasteiger partial charge is 0.243 e. The lowest BCUT2D eigenvalue weighted by Gasteiger charge is -2.38. The van der Waals surface area contributed by atoms with Crippen LogP contribution in [0, 0.1) is 0 Å². The number of carbonyl (C=O) groups is 1. The largest absolute Gasteiger partial charge is 0.330 e. The predicted octanol–water partition coefficient (Wildman–Crippen LogP) is 6.27. The van der Waals surface area contributed by atoms with E-state index in [2.05, 4.69) is 56.5 Å². The van der Waals surface area contributed by atoms with E-state index in [4.69, 9.17) is 11.6 Å². The Bertz CT molecular complexity index is 1320. The van der Waals surface area contributed by atoms with Crippen molar-refractivity contribution < 1.29 is 13.2 Å². The number of amides is 1. The van der Waals surface area contributed by atoms with Crippen molar-refractivity contribution in [2.24, 2.45) is 0 Å². The van der Waals surface area contributed by atoms with Crippen molar-refractivity contribution in [2.45, 2.75) is 63.4 Å². The zero-order valence-corrected chi connectivity index (χ0v) is 23.8. The standard InChI is InChI=1S/C28H33ClN2O3S2/c1-19(2)31(36(33,34)23-12-10-22(29)11-13-23)18-26(32)30-16-14-25-24(15-17-35-25)27(30)20-6-8-21(9-7-20)28(3,4)5/h6-13,15,17,19,27H,14,16,18H2,1-5H3. The molecule has 8 heteroatoms. The second kappa shape index (κ2) is 10.3. The van der Waals surface area contributed by atoms with Crippen LogP contribution in [0.1, 0.15) is 62.2 Å². The summed E-state index contributed by atoms with van der Waals surface area (Å²) in [5.74, 6) is -0.206. The third-order valence-electron chi connectivity index (χ3n) is 6.67. The molecule has 1 atom stereocenters. The van der Waals surface area contributed by atoms with Crippen molar-refractivity contribution in [2.75, 3.05) is 13.1 Å². The Labute approximate surface area is 223 Å². The van der Waals surface area contributed by atoms with E-state index in [-0.39, 0.29) is 34.8 Å². The maximum Gasteiger partial charge on any atom is 0.243 e. The van der Waals surface area contributed by atoms with Gasteiger partial charge < -0.3 is 4.90 Å². The van der Waals surface area contributed by atoms with Gasteiger partial charge in [-0.25, -0.2) is 8.42 Å². The second-order valence-electron chi connectivity index (χ2n) is 10.5. The molecule has 36 heavy (non-hydrogen) atoms. The topological polar surface area (TPSA) is 57.7 Å². The number of sulfonamides is 1. The van der Waals surface area contributed by atoms with Gasteiger partial charge >= 0.3 is 0 Å². The highest BCUT2D eigenvalue weighted by Gasteiger charge is 2.36. The Morgan fingerprint density at radius 2 is 1.72 bits per heavy atom. The number of thiophene rings is 1. The van der Waals surface area contributed by atoms with E-state index in [1.165, 1.54) is 26.9 Å². The molecule has 2 heterocycles. The van der Waals surface area contributed by atoms with E-state index in [0.717, 1.165) is 17.5 Å². The maximum atomic E-state index is 13.8. The fourth-order valence-corrected chi connectivity index (χ4v) is 7.24. The minimum atomic E-state index is -3.88. The SMILES string of the molecule is CC(C)N(CC(=O)N1CCc2sccc2C1c1ccc(C(C)(C)C)cc1)S(=O)(=O)c1ccc(Cl)cc1. The molecule has 0 saturated carbocycles. The molecule has 5 nitrogen and oxygen atoms in total. The Hall–Kier alpha value is -2.19. The summed E-state index contributed by atoms with van der Waals surface area (Å²) in [5, 5.41) is 2.53. The molecule has 0 bridgehead atoms. The predicted molar refractivity (Wildman–Crippen MR) is 147 cm³/mol. The molecule has 1 aliphatic rings. The molecule has 0 spiro atoms. The number of halogens is 1. The van der Waals surface area contributed by atoms with E-state index in [0.29, 0.717) is 11.6 Å². The van der Waals surface area contributed by atoms with E-state index in [1.54, 1.807) is 37.3 Å². The van der Waals surface area contributed by atoms with Gasteiger partial charge in [-0.15, -0.1) is 11.3 Å². The first-order valence-corrected chi connectivity index (χ1v) is 14.8. The van der Waals surface area contributed by atoms with Crippen LogP contribution in [0.5, 0.6) is 0 Å². The number of fused-ring (bicyclic) bond motifs is 1. The molecule has 192 valence electrons. The van der Waals surface area contributed by atoms with E-state index < -0.39 is 10.0 Å². The highest BCUT2D eigenvalue weighted by Crippen LogP contribution is 2.38. The minimum absolute atomic E-state index is 0.0297. The quantitative estimate of drug-likeness (QED) is 0.367. The van der Waals surface area contributed by atoms with Gasteiger partial charge in [0, 0.05) is 22.5 Å². The molecule has 0 aliphatic carbocycles. The lowest BCUT2D eigenvalue weighted by atomic mass is 9.85. The van der Waals surface area contributed by atoms with Crippen LogP contribution in [-0.2, 0) is 26.7 Å². The summed E-state index contributed by atoms with van der Waals surface area (Å²) in [6.45, 7) is 10.4. The highest BCUT2D eigenvalue weighted by atomic mass is 35.5. The average Bonchev–Trinajstić information content (AvgIpc) is 3.30. The van der Waals surface area contributed by atoms with Crippen LogP contribution in [0.3, 0.4) is 0 Å². The summed E-state index contributed by atoms with van der Waals surface area (Å²) >= 11 is 7.67. The lowest BCUT2D eigenvalue weighted by Crippen LogP contribution is -2.48. The Morgan fingerprint density at radius 1 is 1.08 bits per heavy atom. The van der Waals surface area contributed by atoms with Crippen LogP contribution >= 0.6 is 22.9 Å². The Balaban J connectivity index is 1.66. The Morgan fingerprint density at radius 3 is 2.31 bits per heavy atom. The fraction of sp³-hybridized carbons (Fsp3) is 0.393. The van der Waals surface area contributed by atoms with Crippen molar-refractivity contribution in [3.05, 3.63) is 86.6 Å². The molecule has 0 saturated heterocycles. The lowest BCUT2D eigenvalue weighted by molar-refractivity contribution is -0.133. The second-order valence-corrected chi connectivity index (χ2v) is 13.8. The molecule has 0 fully saturated rings. The average molecular weight is 545 g/mol. The molecule has 0 N–H and O–H groups in total. The zero-order valence-electron chi connectivity index (χ0n) is 21.4. The third kappa shape index (κ3) is 5.40. The van der Waals surface area contributed by atoms with Crippen LogP contribution < -0.4 is 0 Å². The van der Waals surface area contributed by atoms with Gasteiger partial charge in [-0.3, -0.25) is 4.79 Å². The highest BCUT2D eigenvalue weighted by molar-refractivity contribution is 7.89. The van der Waals surface area contributed by atoms with Crippen LogP contribution in [0.4, 0.5) is 0 Å². The summed E-state index contributed by atoms with van der Waals surface area (Å²) in [6.07, 6.45) is 0.765. The van der Waals surface area contributed by atoms with Crippen LogP contribution in [0.25, 0.3) is 0 Å². The molecule has 4 rings (SSSR count). The van der Waals surface area contributed by atoms with E-state index >= 15 is 0 Å². The summed E-state index contributed by atoms with van der Waals surface area (Å²) in [4.78, 5) is 17.0. The summed E-state index contributed by atoms with van der Waals surface area (Å²) in [5.41, 5.74) is 3.42. The van der Waals surface area contributed by atoms with Gasteiger partial charge in [-0.2, -0.15) is 4.31 Å². The van der Waals surface area contributed by atoms with Crippen molar-refractivity contribution in [3.8, 4) is 0 Å². The monoisotopic (exact) mass is 544 g/mol. The molecule has 1 aliphatic heterocycles. The first-order chi connectivity index (χ1) is 16.9. The fourth-order valence-electron chi connectivity index (χ4n) is 4.62. The van der Waals surface area contributed by atoms with Crippen LogP contribution in [0.2, 0.25) is 5.02 Å². The number of hydrogen-bond donors (Lipinski definition) is 0. The number of benzene rings is 2. The van der Waals surface area contributed by atoms with Crippen molar-refractivity contribution in [3.63, 3.8) is 0 Å². The van der Waals surface area contributed by atoms with Gasteiger partial charge in [0.05, 0.1) is 17.5 Å². The molecule has 1 unspecified atom stereocenters. The summed E-state index contributed by atoms with van der Waals surface area (Å²) < 4.78 is 28.2. The number of carbonyl (C=O) groups excluding carboxylic acids is 1. The molecular formula is C28H33ClN2O3S2. The molecule has 3 aromatic rings. The first-order valence-electron chi connectivity index (χ1n) is 12.1. The van der Waals surface area contributed by atoms with E-state index in [1.807, 2.05) is 4.90 Å². The molecular weight excluding hydrogens is 512 g/mol. The van der Waals surface area contributed by atoms with Crippen LogP contribution in [-0.4, -0.2) is 42.7 Å². The zero-order chi connectivity index (χ0) is 26.3. The van der Waals surface area contributed by atoms with Crippen LogP contribution in [0.15, 0.2) is 64.9 Å². The first kappa shape index (κ1) is 26.9. The van der Waals surface area contributed by atoms with Crippen molar-refractivity contribution in [1.82, 2.24) is 9.21 Å². The van der Waals surface area contributed by atoms with Gasteiger partial charge in [0.2, 0.25) is 15.9 Å². The number of rotatable bonds is 6. The number of hydrogen-bond acceptors (Lipinski definition) is 4. The van der Waals surface area contributed by atoms with Gasteiger partial charge in [-0.05, 0) is 78.1 Å². The summed E-state index contributed by atoms with van der Waals surface area (Å²) in [6, 6.07) is 16.0. The van der Waals surface area contributed by atoms with Crippen molar-refractivity contribution in [1.29, 1.82) is 0 Å². The minimum Gasteiger partial charge on any atom is -0.330 e.